The number of aromatic carboxylic acids is 1. The third-order valence-electron chi connectivity index (χ3n) is 4.23. The molecule has 4 nitrogen and oxygen atoms in total. The number of fused-ring (bicyclic) bond motifs is 2. The zero-order chi connectivity index (χ0) is 18.1. The summed E-state index contributed by atoms with van der Waals surface area (Å²) in [5.41, 5.74) is 5.24. The normalized spacial score (nSPS) is 10.6. The van der Waals surface area contributed by atoms with Crippen molar-refractivity contribution >= 4 is 17.0 Å². The molecule has 0 fully saturated rings. The van der Waals surface area contributed by atoms with Gasteiger partial charge in [0.15, 0.2) is 0 Å². The van der Waals surface area contributed by atoms with E-state index in [0.29, 0.717) is 22.5 Å². The van der Waals surface area contributed by atoms with Crippen molar-refractivity contribution in [3.63, 3.8) is 0 Å². The molecule has 0 spiro atoms. The molecular formula is C22H14N2O2. The molecule has 0 aliphatic heterocycles. The van der Waals surface area contributed by atoms with Crippen molar-refractivity contribution in [3.8, 4) is 34.7 Å². The first-order valence-corrected chi connectivity index (χ1v) is 8.05. The van der Waals surface area contributed by atoms with Gasteiger partial charge in [-0.05, 0) is 47.5 Å². The van der Waals surface area contributed by atoms with Crippen LogP contribution in [0.2, 0.25) is 0 Å². The van der Waals surface area contributed by atoms with Crippen LogP contribution in [0.3, 0.4) is 0 Å². The van der Waals surface area contributed by atoms with Crippen molar-refractivity contribution in [2.75, 3.05) is 0 Å². The van der Waals surface area contributed by atoms with Crippen LogP contribution >= 0.6 is 0 Å². The zero-order valence-electron chi connectivity index (χ0n) is 13.7. The van der Waals surface area contributed by atoms with Crippen molar-refractivity contribution in [1.82, 2.24) is 9.97 Å². The van der Waals surface area contributed by atoms with Crippen LogP contribution in [-0.2, 0) is 0 Å². The predicted molar refractivity (Wildman–Crippen MR) is 102 cm³/mol. The fourth-order valence-electron chi connectivity index (χ4n) is 2.87. The van der Waals surface area contributed by atoms with Gasteiger partial charge in [0.2, 0.25) is 0 Å². The van der Waals surface area contributed by atoms with Gasteiger partial charge in [0.1, 0.15) is 5.65 Å². The van der Waals surface area contributed by atoms with Crippen molar-refractivity contribution in [2.45, 2.75) is 0 Å². The number of carboxylic acid groups (broad SMARTS) is 1. The largest absolute Gasteiger partial charge is 0.478 e. The zero-order valence-corrected chi connectivity index (χ0v) is 13.7. The van der Waals surface area contributed by atoms with Gasteiger partial charge in [-0.15, -0.1) is 6.42 Å². The van der Waals surface area contributed by atoms with Crippen molar-refractivity contribution in [3.05, 3.63) is 78.0 Å². The molecule has 2 N–H and O–H groups in total. The third kappa shape index (κ3) is 2.83. The summed E-state index contributed by atoms with van der Waals surface area (Å²) < 4.78 is 0. The minimum Gasteiger partial charge on any atom is -0.478 e. The van der Waals surface area contributed by atoms with E-state index < -0.39 is 5.97 Å². The molecule has 0 bridgehead atoms. The molecule has 3 aromatic rings. The van der Waals surface area contributed by atoms with Crippen molar-refractivity contribution < 1.29 is 9.90 Å². The number of terminal acetylenes is 1. The SMILES string of the molecule is C#Cc1cccc(C(=O)O)c1-c1ccc2cc[nH]c2n1.c1cc2cc-2c1. The third-order valence-corrected chi connectivity index (χ3v) is 4.23. The lowest BCUT2D eigenvalue weighted by molar-refractivity contribution is 0.0697. The molecule has 0 amide bonds. The lowest BCUT2D eigenvalue weighted by Gasteiger charge is -2.08. The summed E-state index contributed by atoms with van der Waals surface area (Å²) in [6, 6.07) is 18.9. The molecule has 4 heteroatoms. The number of nitrogens with one attached hydrogen (secondary N) is 1. The standard InChI is InChI=1S/C16H10N2O2.C6H4/c1-2-10-4-3-5-12(16(19)20)14(10)13-7-6-11-8-9-17-15(11)18-13;1-2-5-4-6(5)3-1/h1,3-9H,(H,17,18)(H,19,20);1-4H. The quantitative estimate of drug-likeness (QED) is 0.463. The molecule has 5 rings (SSSR count). The molecule has 2 aromatic heterocycles. The van der Waals surface area contributed by atoms with Crippen LogP contribution in [0.15, 0.2) is 66.9 Å². The van der Waals surface area contributed by atoms with Gasteiger partial charge >= 0.3 is 5.97 Å². The molecule has 2 heterocycles. The summed E-state index contributed by atoms with van der Waals surface area (Å²) in [7, 11) is 0. The molecule has 124 valence electrons. The van der Waals surface area contributed by atoms with Crippen LogP contribution < -0.4 is 0 Å². The number of hydrogen-bond donors (Lipinski definition) is 2. The predicted octanol–water partition coefficient (Wildman–Crippen LogP) is 4.58. The van der Waals surface area contributed by atoms with Crippen LogP contribution in [0.5, 0.6) is 0 Å². The number of carboxylic acids is 1. The number of nitrogens with zero attached hydrogens (tertiary/aromatic N) is 1. The second kappa shape index (κ2) is 6.23. The second-order valence-electron chi connectivity index (χ2n) is 5.87. The van der Waals surface area contributed by atoms with Gasteiger partial charge < -0.3 is 10.1 Å². The maximum absolute atomic E-state index is 11.4. The van der Waals surface area contributed by atoms with Gasteiger partial charge in [0, 0.05) is 22.7 Å². The van der Waals surface area contributed by atoms with Crippen LogP contribution in [0.4, 0.5) is 0 Å². The number of rotatable bonds is 2. The Morgan fingerprint density at radius 2 is 1.81 bits per heavy atom. The Morgan fingerprint density at radius 3 is 2.42 bits per heavy atom. The first kappa shape index (κ1) is 15.7. The highest BCUT2D eigenvalue weighted by molar-refractivity contribution is 5.97. The molecule has 2 aliphatic rings. The van der Waals surface area contributed by atoms with E-state index in [2.05, 4.69) is 40.2 Å². The molecule has 0 unspecified atom stereocenters. The van der Waals surface area contributed by atoms with E-state index in [9.17, 15) is 9.90 Å². The minimum absolute atomic E-state index is 0.152. The molecule has 26 heavy (non-hydrogen) atoms. The first-order valence-electron chi connectivity index (χ1n) is 8.05. The molecule has 0 saturated heterocycles. The number of H-pyrrole nitrogens is 1. The summed E-state index contributed by atoms with van der Waals surface area (Å²) in [4.78, 5) is 18.8. The van der Waals surface area contributed by atoms with E-state index in [0.717, 1.165) is 5.39 Å². The maximum Gasteiger partial charge on any atom is 0.336 e. The van der Waals surface area contributed by atoms with E-state index in [1.165, 1.54) is 17.2 Å². The molecule has 0 radical (unpaired) electrons. The lowest BCUT2D eigenvalue weighted by Crippen LogP contribution is -2.02. The van der Waals surface area contributed by atoms with Crippen molar-refractivity contribution in [2.24, 2.45) is 0 Å². The Hall–Kier alpha value is -3.84. The summed E-state index contributed by atoms with van der Waals surface area (Å²) >= 11 is 0. The molecule has 1 aromatic carbocycles. The lowest BCUT2D eigenvalue weighted by atomic mass is 9.98. The Kier molecular flexibility index (Phi) is 3.75. The number of carbonyl (C=O) groups is 1. The number of benzene rings is 2. The average molecular weight is 338 g/mol. The van der Waals surface area contributed by atoms with E-state index in [1.807, 2.05) is 12.1 Å². The van der Waals surface area contributed by atoms with Crippen LogP contribution in [-0.4, -0.2) is 21.0 Å². The van der Waals surface area contributed by atoms with Gasteiger partial charge in [-0.25, -0.2) is 9.78 Å². The van der Waals surface area contributed by atoms with Crippen molar-refractivity contribution in [1.29, 1.82) is 0 Å². The number of hydrogen-bond acceptors (Lipinski definition) is 2. The Balaban J connectivity index is 0.000000233. The highest BCUT2D eigenvalue weighted by Crippen LogP contribution is 2.32. The monoisotopic (exact) mass is 338 g/mol. The first-order chi connectivity index (χ1) is 12.7. The Bertz CT molecular complexity index is 1160. The fourth-order valence-corrected chi connectivity index (χ4v) is 2.87. The minimum atomic E-state index is -1.02. The highest BCUT2D eigenvalue weighted by atomic mass is 16.4. The summed E-state index contributed by atoms with van der Waals surface area (Å²) in [6.45, 7) is 0. The smallest absolute Gasteiger partial charge is 0.336 e. The Morgan fingerprint density at radius 1 is 1.04 bits per heavy atom. The number of aromatic amines is 1. The summed E-state index contributed by atoms with van der Waals surface area (Å²) in [5, 5.41) is 10.3. The van der Waals surface area contributed by atoms with E-state index >= 15 is 0 Å². The average Bonchev–Trinajstić information content (AvgIpc) is 3.06. The van der Waals surface area contributed by atoms with Gasteiger partial charge in [0.25, 0.3) is 0 Å². The summed E-state index contributed by atoms with van der Waals surface area (Å²) in [6.07, 6.45) is 7.26. The maximum atomic E-state index is 11.4. The van der Waals surface area contributed by atoms with Crippen LogP contribution in [0.1, 0.15) is 15.9 Å². The molecule has 0 atom stereocenters. The fraction of sp³-hybridized carbons (Fsp3) is 0. The van der Waals surface area contributed by atoms with Gasteiger partial charge in [-0.1, -0.05) is 30.2 Å². The number of aromatic nitrogens is 2. The van der Waals surface area contributed by atoms with E-state index in [-0.39, 0.29) is 5.56 Å². The molecule has 2 aliphatic carbocycles. The van der Waals surface area contributed by atoms with Crippen LogP contribution in [0.25, 0.3) is 33.4 Å². The van der Waals surface area contributed by atoms with Crippen LogP contribution in [0, 0.1) is 12.3 Å². The highest BCUT2D eigenvalue weighted by Gasteiger charge is 2.16. The molecule has 0 saturated carbocycles. The topological polar surface area (TPSA) is 66.0 Å². The summed E-state index contributed by atoms with van der Waals surface area (Å²) in [5.74, 6) is 1.49. The van der Waals surface area contributed by atoms with Gasteiger partial charge in [-0.3, -0.25) is 0 Å². The van der Waals surface area contributed by atoms with E-state index in [1.54, 1.807) is 24.4 Å². The molecular weight excluding hydrogens is 324 g/mol. The van der Waals surface area contributed by atoms with Gasteiger partial charge in [-0.2, -0.15) is 0 Å². The Labute approximate surface area is 150 Å². The number of pyridine rings is 1. The van der Waals surface area contributed by atoms with E-state index in [4.69, 9.17) is 6.42 Å². The second-order valence-corrected chi connectivity index (χ2v) is 5.87. The van der Waals surface area contributed by atoms with Gasteiger partial charge in [0.05, 0.1) is 11.3 Å².